The molecule has 2 aromatic carbocycles. The molecule has 0 aliphatic heterocycles. The van der Waals surface area contributed by atoms with E-state index >= 15 is 0 Å². The Morgan fingerprint density at radius 2 is 1.62 bits per heavy atom. The van der Waals surface area contributed by atoms with E-state index in [1.165, 1.54) is 4.90 Å². The van der Waals surface area contributed by atoms with Gasteiger partial charge in [-0.25, -0.2) is 8.42 Å². The molecular formula is C25H34BrN3O4S. The average Bonchev–Trinajstić information content (AvgIpc) is 2.80. The van der Waals surface area contributed by atoms with Crippen molar-refractivity contribution in [1.29, 1.82) is 0 Å². The minimum atomic E-state index is -3.73. The number of anilines is 1. The third kappa shape index (κ3) is 8.13. The molecule has 0 saturated carbocycles. The number of carbonyl (C=O) groups excluding carboxylic acids is 2. The maximum atomic E-state index is 13.6. The smallest absolute Gasteiger partial charge is 0.244 e. The highest BCUT2D eigenvalue weighted by atomic mass is 79.9. The lowest BCUT2D eigenvalue weighted by Crippen LogP contribution is -2.54. The summed E-state index contributed by atoms with van der Waals surface area (Å²) in [5.41, 5.74) is 1.42. The van der Waals surface area contributed by atoms with Gasteiger partial charge in [0.15, 0.2) is 0 Å². The van der Waals surface area contributed by atoms with Crippen LogP contribution in [0, 0.1) is 0 Å². The normalized spacial score (nSPS) is 13.1. The molecular weight excluding hydrogens is 518 g/mol. The molecule has 34 heavy (non-hydrogen) atoms. The van der Waals surface area contributed by atoms with Gasteiger partial charge in [0.1, 0.15) is 12.6 Å². The molecule has 0 aliphatic rings. The Labute approximate surface area is 211 Å². The molecule has 2 rings (SSSR count). The molecule has 0 aromatic heterocycles. The second-order valence-corrected chi connectivity index (χ2v) is 11.1. The summed E-state index contributed by atoms with van der Waals surface area (Å²) in [5.74, 6) is -0.650. The minimum absolute atomic E-state index is 0.0251. The van der Waals surface area contributed by atoms with Crippen molar-refractivity contribution in [3.8, 4) is 0 Å². The number of hydrogen-bond acceptors (Lipinski definition) is 4. The number of carbonyl (C=O) groups is 2. The fourth-order valence-electron chi connectivity index (χ4n) is 3.56. The van der Waals surface area contributed by atoms with Gasteiger partial charge in [-0.1, -0.05) is 60.1 Å². The van der Waals surface area contributed by atoms with E-state index in [9.17, 15) is 18.0 Å². The van der Waals surface area contributed by atoms with Crippen molar-refractivity contribution in [2.75, 3.05) is 23.7 Å². The Hall–Kier alpha value is -2.39. The standard InChI is InChI=1S/C25H34BrN3O4S/c1-5-19(3)27-25(31)23(6-2)28(17-16-20-10-8-7-9-11-20)24(30)18-29(34(4,32)33)22-14-12-21(26)13-15-22/h7-15,19,23H,5-6,16-18H2,1-4H3,(H,27,31)/t19-,23-/m0/s1. The summed E-state index contributed by atoms with van der Waals surface area (Å²) < 4.78 is 27.0. The van der Waals surface area contributed by atoms with Crippen molar-refractivity contribution < 1.29 is 18.0 Å². The first kappa shape index (κ1) is 27.9. The minimum Gasteiger partial charge on any atom is -0.352 e. The van der Waals surface area contributed by atoms with E-state index in [0.29, 0.717) is 25.1 Å². The zero-order chi connectivity index (χ0) is 25.3. The lowest BCUT2D eigenvalue weighted by molar-refractivity contribution is -0.139. The second kappa shape index (κ2) is 12.9. The molecule has 2 atom stereocenters. The molecule has 0 spiro atoms. The Kier molecular flexibility index (Phi) is 10.6. The van der Waals surface area contributed by atoms with Gasteiger partial charge in [-0.3, -0.25) is 13.9 Å². The molecule has 7 nitrogen and oxygen atoms in total. The predicted octanol–water partition coefficient (Wildman–Crippen LogP) is 3.98. The van der Waals surface area contributed by atoms with Crippen LogP contribution >= 0.6 is 15.9 Å². The predicted molar refractivity (Wildman–Crippen MR) is 140 cm³/mol. The van der Waals surface area contributed by atoms with Crippen LogP contribution in [0.4, 0.5) is 5.69 Å². The van der Waals surface area contributed by atoms with Crippen molar-refractivity contribution in [2.45, 2.75) is 52.1 Å². The topological polar surface area (TPSA) is 86.8 Å². The number of sulfonamides is 1. The van der Waals surface area contributed by atoms with Crippen LogP contribution in [0.1, 0.15) is 39.2 Å². The maximum Gasteiger partial charge on any atom is 0.244 e. The fourth-order valence-corrected chi connectivity index (χ4v) is 4.67. The van der Waals surface area contributed by atoms with Gasteiger partial charge in [0, 0.05) is 17.1 Å². The van der Waals surface area contributed by atoms with E-state index < -0.39 is 22.0 Å². The van der Waals surface area contributed by atoms with Gasteiger partial charge < -0.3 is 10.2 Å². The van der Waals surface area contributed by atoms with Crippen LogP contribution in [0.3, 0.4) is 0 Å². The number of benzene rings is 2. The Bertz CT molecular complexity index is 1050. The summed E-state index contributed by atoms with van der Waals surface area (Å²) in [5, 5.41) is 2.97. The lowest BCUT2D eigenvalue weighted by atomic mass is 10.1. The van der Waals surface area contributed by atoms with Crippen LogP contribution in [-0.2, 0) is 26.0 Å². The van der Waals surface area contributed by atoms with Crippen LogP contribution in [-0.4, -0.2) is 56.6 Å². The van der Waals surface area contributed by atoms with Gasteiger partial charge >= 0.3 is 0 Å². The van der Waals surface area contributed by atoms with Crippen molar-refractivity contribution in [3.05, 3.63) is 64.6 Å². The number of nitrogens with zero attached hydrogens (tertiary/aromatic N) is 2. The van der Waals surface area contributed by atoms with Crippen LogP contribution in [0.25, 0.3) is 0 Å². The molecule has 186 valence electrons. The zero-order valence-corrected chi connectivity index (χ0v) is 22.6. The molecule has 0 radical (unpaired) electrons. The van der Waals surface area contributed by atoms with Gasteiger partial charge in [-0.2, -0.15) is 0 Å². The van der Waals surface area contributed by atoms with E-state index in [2.05, 4.69) is 21.2 Å². The van der Waals surface area contributed by atoms with Crippen LogP contribution in [0.2, 0.25) is 0 Å². The summed E-state index contributed by atoms with van der Waals surface area (Å²) in [6, 6.07) is 15.7. The van der Waals surface area contributed by atoms with Crippen molar-refractivity contribution in [1.82, 2.24) is 10.2 Å². The van der Waals surface area contributed by atoms with E-state index in [0.717, 1.165) is 27.0 Å². The maximum absolute atomic E-state index is 13.6. The van der Waals surface area contributed by atoms with Crippen LogP contribution in [0.15, 0.2) is 59.1 Å². The molecule has 0 unspecified atom stereocenters. The van der Waals surface area contributed by atoms with Gasteiger partial charge in [0.25, 0.3) is 0 Å². The summed E-state index contributed by atoms with van der Waals surface area (Å²) in [4.78, 5) is 28.1. The van der Waals surface area contributed by atoms with E-state index in [-0.39, 0.29) is 18.5 Å². The summed E-state index contributed by atoms with van der Waals surface area (Å²) in [7, 11) is -3.73. The van der Waals surface area contributed by atoms with Crippen molar-refractivity contribution in [2.24, 2.45) is 0 Å². The second-order valence-electron chi connectivity index (χ2n) is 8.31. The molecule has 2 aromatic rings. The third-order valence-corrected chi connectivity index (χ3v) is 7.33. The molecule has 0 saturated heterocycles. The van der Waals surface area contributed by atoms with Gasteiger partial charge in [-0.15, -0.1) is 0 Å². The Balaban J connectivity index is 2.34. The first-order valence-electron chi connectivity index (χ1n) is 11.4. The highest BCUT2D eigenvalue weighted by Crippen LogP contribution is 2.21. The average molecular weight is 553 g/mol. The molecule has 0 aliphatic carbocycles. The highest BCUT2D eigenvalue weighted by molar-refractivity contribution is 9.10. The van der Waals surface area contributed by atoms with Gasteiger partial charge in [0.2, 0.25) is 21.8 Å². The summed E-state index contributed by atoms with van der Waals surface area (Å²) >= 11 is 3.34. The lowest BCUT2D eigenvalue weighted by Gasteiger charge is -2.33. The molecule has 0 bridgehead atoms. The van der Waals surface area contributed by atoms with Crippen LogP contribution in [0.5, 0.6) is 0 Å². The first-order chi connectivity index (χ1) is 16.1. The first-order valence-corrected chi connectivity index (χ1v) is 14.1. The van der Waals surface area contributed by atoms with Crippen LogP contribution < -0.4 is 9.62 Å². The molecule has 0 fully saturated rings. The largest absolute Gasteiger partial charge is 0.352 e. The van der Waals surface area contributed by atoms with Crippen molar-refractivity contribution >= 4 is 43.5 Å². The van der Waals surface area contributed by atoms with E-state index in [1.54, 1.807) is 24.3 Å². The monoisotopic (exact) mass is 551 g/mol. The van der Waals surface area contributed by atoms with E-state index in [4.69, 9.17) is 0 Å². The summed E-state index contributed by atoms with van der Waals surface area (Å²) in [6.45, 7) is 5.66. The molecule has 0 heterocycles. The molecule has 1 N–H and O–H groups in total. The number of amides is 2. The number of nitrogens with one attached hydrogen (secondary N) is 1. The molecule has 9 heteroatoms. The number of halogens is 1. The molecule has 2 amide bonds. The SMILES string of the molecule is CC[C@H](C)NC(=O)[C@H](CC)N(CCc1ccccc1)C(=O)CN(c1ccc(Br)cc1)S(C)(=O)=O. The fraction of sp³-hybridized carbons (Fsp3) is 0.440. The van der Waals surface area contributed by atoms with E-state index in [1.807, 2.05) is 51.1 Å². The zero-order valence-electron chi connectivity index (χ0n) is 20.2. The Morgan fingerprint density at radius 1 is 1.00 bits per heavy atom. The van der Waals surface area contributed by atoms with Gasteiger partial charge in [-0.05, 0) is 56.0 Å². The Morgan fingerprint density at radius 3 is 2.15 bits per heavy atom. The summed E-state index contributed by atoms with van der Waals surface area (Å²) in [6.07, 6.45) is 2.81. The number of rotatable bonds is 12. The van der Waals surface area contributed by atoms with Crippen molar-refractivity contribution in [3.63, 3.8) is 0 Å². The third-order valence-electron chi connectivity index (χ3n) is 5.66. The highest BCUT2D eigenvalue weighted by Gasteiger charge is 2.31. The quantitative estimate of drug-likeness (QED) is 0.432. The number of hydrogen-bond donors (Lipinski definition) is 1. The van der Waals surface area contributed by atoms with Gasteiger partial charge in [0.05, 0.1) is 11.9 Å².